The summed E-state index contributed by atoms with van der Waals surface area (Å²) in [6.07, 6.45) is 0. The van der Waals surface area contributed by atoms with E-state index in [1.54, 1.807) is 26.3 Å². The molecule has 3 aromatic rings. The van der Waals surface area contributed by atoms with Crippen molar-refractivity contribution < 1.29 is 9.26 Å². The van der Waals surface area contributed by atoms with Gasteiger partial charge in [-0.15, -0.1) is 24.0 Å². The fraction of sp³-hybridized carbons (Fsp3) is 0.211. The van der Waals surface area contributed by atoms with Crippen LogP contribution in [0, 0.1) is 0 Å². The van der Waals surface area contributed by atoms with Gasteiger partial charge in [0, 0.05) is 29.7 Å². The SMILES string of the molecule is CN=C(NCc1nc(-c2ccc(Cl)cc2)no1)NCc1ccccc1OC.I. The van der Waals surface area contributed by atoms with E-state index < -0.39 is 0 Å². The van der Waals surface area contributed by atoms with Crippen LogP contribution in [0.1, 0.15) is 11.5 Å². The molecule has 148 valence electrons. The third kappa shape index (κ3) is 5.83. The number of rotatable bonds is 6. The van der Waals surface area contributed by atoms with Gasteiger partial charge in [-0.3, -0.25) is 4.99 Å². The van der Waals surface area contributed by atoms with E-state index in [9.17, 15) is 0 Å². The van der Waals surface area contributed by atoms with Crippen molar-refractivity contribution in [1.29, 1.82) is 0 Å². The molecule has 0 radical (unpaired) electrons. The minimum Gasteiger partial charge on any atom is -0.496 e. The molecule has 7 nitrogen and oxygen atoms in total. The molecule has 0 atom stereocenters. The summed E-state index contributed by atoms with van der Waals surface area (Å²) >= 11 is 5.90. The van der Waals surface area contributed by atoms with E-state index in [4.69, 9.17) is 20.9 Å². The van der Waals surface area contributed by atoms with Crippen LogP contribution < -0.4 is 15.4 Å². The van der Waals surface area contributed by atoms with Crippen LogP contribution in [-0.4, -0.2) is 30.3 Å². The number of hydrogen-bond acceptors (Lipinski definition) is 5. The lowest BCUT2D eigenvalue weighted by atomic mass is 10.2. The van der Waals surface area contributed by atoms with E-state index in [0.29, 0.717) is 35.8 Å². The number of halogens is 2. The van der Waals surface area contributed by atoms with Crippen molar-refractivity contribution in [3.63, 3.8) is 0 Å². The highest BCUT2D eigenvalue weighted by Crippen LogP contribution is 2.19. The van der Waals surface area contributed by atoms with Gasteiger partial charge >= 0.3 is 0 Å². The summed E-state index contributed by atoms with van der Waals surface area (Å²) in [6, 6.07) is 15.1. The number of aliphatic imine (C=N–C) groups is 1. The predicted octanol–water partition coefficient (Wildman–Crippen LogP) is 3.88. The highest BCUT2D eigenvalue weighted by atomic mass is 127. The number of nitrogens with zero attached hydrogens (tertiary/aromatic N) is 3. The maximum Gasteiger partial charge on any atom is 0.246 e. The van der Waals surface area contributed by atoms with E-state index in [1.807, 2.05) is 36.4 Å². The second-order valence-corrected chi connectivity index (χ2v) is 6.05. The molecule has 0 saturated heterocycles. The van der Waals surface area contributed by atoms with Crippen LogP contribution in [0.2, 0.25) is 5.02 Å². The molecule has 3 rings (SSSR count). The Kier molecular flexibility index (Phi) is 8.52. The fourth-order valence-electron chi connectivity index (χ4n) is 2.45. The van der Waals surface area contributed by atoms with Gasteiger partial charge in [0.15, 0.2) is 5.96 Å². The third-order valence-electron chi connectivity index (χ3n) is 3.84. The average molecular weight is 514 g/mol. The standard InChI is InChI=1S/C19H20ClN5O2.HI/c1-21-19(22-11-14-5-3-4-6-16(14)26-2)23-12-17-24-18(25-27-17)13-7-9-15(20)10-8-13;/h3-10H,11-12H2,1-2H3,(H2,21,22,23);1H. The van der Waals surface area contributed by atoms with Gasteiger partial charge in [-0.1, -0.05) is 35.0 Å². The van der Waals surface area contributed by atoms with E-state index in [1.165, 1.54) is 0 Å². The minimum absolute atomic E-state index is 0. The molecule has 0 aliphatic rings. The van der Waals surface area contributed by atoms with Crippen molar-refractivity contribution in [1.82, 2.24) is 20.8 Å². The monoisotopic (exact) mass is 513 g/mol. The highest BCUT2D eigenvalue weighted by Gasteiger charge is 2.09. The molecule has 9 heteroatoms. The summed E-state index contributed by atoms with van der Waals surface area (Å²) in [5.74, 6) is 2.41. The van der Waals surface area contributed by atoms with Gasteiger partial charge < -0.3 is 19.9 Å². The Balaban J connectivity index is 0.00000280. The average Bonchev–Trinajstić information content (AvgIpc) is 3.18. The molecule has 0 bridgehead atoms. The number of benzene rings is 2. The molecule has 1 heterocycles. The van der Waals surface area contributed by atoms with E-state index in [-0.39, 0.29) is 24.0 Å². The Labute approximate surface area is 185 Å². The van der Waals surface area contributed by atoms with Crippen molar-refractivity contribution in [3.05, 3.63) is 65.0 Å². The molecular weight excluding hydrogens is 493 g/mol. The molecular formula is C19H21ClIN5O2. The molecule has 28 heavy (non-hydrogen) atoms. The van der Waals surface area contributed by atoms with E-state index >= 15 is 0 Å². The first-order valence-corrected chi connectivity index (χ1v) is 8.72. The van der Waals surface area contributed by atoms with Crippen molar-refractivity contribution in [2.24, 2.45) is 4.99 Å². The van der Waals surface area contributed by atoms with Crippen molar-refractivity contribution in [3.8, 4) is 17.1 Å². The number of guanidine groups is 1. The van der Waals surface area contributed by atoms with Gasteiger partial charge in [0.2, 0.25) is 11.7 Å². The summed E-state index contributed by atoms with van der Waals surface area (Å²) < 4.78 is 10.6. The molecule has 0 saturated carbocycles. The van der Waals surface area contributed by atoms with Gasteiger partial charge in [-0.25, -0.2) is 0 Å². The molecule has 0 amide bonds. The van der Waals surface area contributed by atoms with Crippen LogP contribution in [0.3, 0.4) is 0 Å². The van der Waals surface area contributed by atoms with Crippen LogP contribution >= 0.6 is 35.6 Å². The number of nitrogens with one attached hydrogen (secondary N) is 2. The van der Waals surface area contributed by atoms with Crippen LogP contribution in [-0.2, 0) is 13.1 Å². The lowest BCUT2D eigenvalue weighted by Gasteiger charge is -2.12. The number of ether oxygens (including phenoxy) is 1. The summed E-state index contributed by atoms with van der Waals surface area (Å²) in [5, 5.41) is 11.0. The second-order valence-electron chi connectivity index (χ2n) is 5.61. The lowest BCUT2D eigenvalue weighted by molar-refractivity contribution is 0.375. The lowest BCUT2D eigenvalue weighted by Crippen LogP contribution is -2.36. The van der Waals surface area contributed by atoms with Gasteiger partial charge in [-0.2, -0.15) is 4.98 Å². The van der Waals surface area contributed by atoms with Crippen LogP contribution in [0.25, 0.3) is 11.4 Å². The Hall–Kier alpha value is -2.33. The Bertz CT molecular complexity index is 915. The number of hydrogen-bond donors (Lipinski definition) is 2. The Morgan fingerprint density at radius 2 is 1.82 bits per heavy atom. The quantitative estimate of drug-likeness (QED) is 0.296. The normalized spacial score (nSPS) is 10.9. The van der Waals surface area contributed by atoms with Crippen LogP contribution in [0.5, 0.6) is 5.75 Å². The summed E-state index contributed by atoms with van der Waals surface area (Å²) in [6.45, 7) is 0.926. The zero-order valence-corrected chi connectivity index (χ0v) is 18.6. The first-order valence-electron chi connectivity index (χ1n) is 8.34. The molecule has 0 aliphatic carbocycles. The number of methoxy groups -OCH3 is 1. The Morgan fingerprint density at radius 1 is 1.11 bits per heavy atom. The fourth-order valence-corrected chi connectivity index (χ4v) is 2.58. The summed E-state index contributed by atoms with van der Waals surface area (Å²) in [4.78, 5) is 8.57. The van der Waals surface area contributed by atoms with Crippen LogP contribution in [0.15, 0.2) is 58.0 Å². The topological polar surface area (TPSA) is 84.6 Å². The molecule has 2 aromatic carbocycles. The molecule has 2 N–H and O–H groups in total. The van der Waals surface area contributed by atoms with E-state index in [2.05, 4.69) is 25.8 Å². The first kappa shape index (κ1) is 22.0. The van der Waals surface area contributed by atoms with Crippen molar-refractivity contribution >= 4 is 41.5 Å². The summed E-state index contributed by atoms with van der Waals surface area (Å²) in [5.41, 5.74) is 1.87. The largest absolute Gasteiger partial charge is 0.496 e. The maximum atomic E-state index is 5.90. The molecule has 0 spiro atoms. The first-order chi connectivity index (χ1) is 13.2. The number of para-hydroxylation sites is 1. The highest BCUT2D eigenvalue weighted by molar-refractivity contribution is 14.0. The molecule has 0 unspecified atom stereocenters. The van der Waals surface area contributed by atoms with E-state index in [0.717, 1.165) is 16.9 Å². The molecule has 0 aliphatic heterocycles. The minimum atomic E-state index is 0. The molecule has 1 aromatic heterocycles. The van der Waals surface area contributed by atoms with Crippen LogP contribution in [0.4, 0.5) is 0 Å². The van der Waals surface area contributed by atoms with Crippen molar-refractivity contribution in [2.45, 2.75) is 13.1 Å². The smallest absolute Gasteiger partial charge is 0.246 e. The van der Waals surface area contributed by atoms with Gasteiger partial charge in [0.1, 0.15) is 5.75 Å². The second kappa shape index (κ2) is 10.9. The zero-order valence-electron chi connectivity index (χ0n) is 15.5. The maximum absolute atomic E-state index is 5.90. The predicted molar refractivity (Wildman–Crippen MR) is 120 cm³/mol. The zero-order chi connectivity index (χ0) is 19.1. The Morgan fingerprint density at radius 3 is 2.54 bits per heavy atom. The number of aromatic nitrogens is 2. The van der Waals surface area contributed by atoms with Gasteiger partial charge in [0.05, 0.1) is 13.7 Å². The summed E-state index contributed by atoms with van der Waals surface area (Å²) in [7, 11) is 3.35. The van der Waals surface area contributed by atoms with Crippen molar-refractivity contribution in [2.75, 3.05) is 14.2 Å². The van der Waals surface area contributed by atoms with Gasteiger partial charge in [-0.05, 0) is 30.3 Å². The third-order valence-corrected chi connectivity index (χ3v) is 4.09. The molecule has 0 fully saturated rings. The van der Waals surface area contributed by atoms with Gasteiger partial charge in [0.25, 0.3) is 0 Å².